The van der Waals surface area contributed by atoms with Gasteiger partial charge in [0.2, 0.25) is 0 Å². The molecule has 0 saturated carbocycles. The van der Waals surface area contributed by atoms with Gasteiger partial charge in [0.05, 0.1) is 24.9 Å². The Morgan fingerprint density at radius 3 is 2.68 bits per heavy atom. The summed E-state index contributed by atoms with van der Waals surface area (Å²) < 4.78 is 21.2. The summed E-state index contributed by atoms with van der Waals surface area (Å²) in [6, 6.07) is 20.4. The van der Waals surface area contributed by atoms with Gasteiger partial charge in [-0.2, -0.15) is 5.10 Å². The molecule has 0 fully saturated rings. The highest BCUT2D eigenvalue weighted by molar-refractivity contribution is 7.98. The first-order chi connectivity index (χ1) is 13.6. The molecule has 3 aromatic carbocycles. The summed E-state index contributed by atoms with van der Waals surface area (Å²) >= 11 is 7.84. The van der Waals surface area contributed by atoms with Crippen molar-refractivity contribution >= 4 is 34.3 Å². The van der Waals surface area contributed by atoms with Crippen LogP contribution in [0.25, 0.3) is 10.9 Å². The van der Waals surface area contributed by atoms with Crippen molar-refractivity contribution < 1.29 is 9.13 Å². The van der Waals surface area contributed by atoms with E-state index in [0.29, 0.717) is 17.3 Å². The minimum atomic E-state index is -0.265. The molecular weight excluding hydrogens is 395 g/mol. The van der Waals surface area contributed by atoms with Crippen molar-refractivity contribution in [1.29, 1.82) is 0 Å². The van der Waals surface area contributed by atoms with E-state index in [4.69, 9.17) is 21.4 Å². The topological polar surface area (TPSA) is 27.1 Å². The molecule has 3 nitrogen and oxygen atoms in total. The van der Waals surface area contributed by atoms with Crippen LogP contribution >= 0.6 is 23.4 Å². The number of rotatable bonds is 6. The van der Waals surface area contributed by atoms with Crippen LogP contribution in [0.4, 0.5) is 4.39 Å². The highest BCUT2D eigenvalue weighted by Gasteiger charge is 2.14. The van der Waals surface area contributed by atoms with E-state index in [1.54, 1.807) is 37.1 Å². The van der Waals surface area contributed by atoms with Crippen molar-refractivity contribution in [3.8, 4) is 5.75 Å². The lowest BCUT2D eigenvalue weighted by Gasteiger charge is -2.10. The van der Waals surface area contributed by atoms with Gasteiger partial charge < -0.3 is 4.74 Å². The number of hydrogen-bond acceptors (Lipinski definition) is 3. The lowest BCUT2D eigenvalue weighted by Crippen LogP contribution is -2.04. The van der Waals surface area contributed by atoms with Gasteiger partial charge in [-0.25, -0.2) is 4.39 Å². The standard InChI is InChI=1S/C22H18ClFN2OS/c1-27-22-10-7-16(23)11-15(22)13-26-21-9-8-17(24)12-19(21)20(25-26)14-28-18-5-3-2-4-6-18/h2-12H,13-14H2,1H3. The molecule has 0 saturated heterocycles. The average molecular weight is 413 g/mol. The molecule has 1 aromatic heterocycles. The zero-order valence-corrected chi connectivity index (χ0v) is 16.8. The number of hydrogen-bond donors (Lipinski definition) is 0. The Kier molecular flexibility index (Phi) is 5.55. The Hall–Kier alpha value is -2.50. The summed E-state index contributed by atoms with van der Waals surface area (Å²) in [7, 11) is 1.63. The van der Waals surface area contributed by atoms with Crippen LogP contribution in [0.15, 0.2) is 71.6 Å². The summed E-state index contributed by atoms with van der Waals surface area (Å²) in [5, 5.41) is 6.24. The van der Waals surface area contributed by atoms with Crippen LogP contribution in [0, 0.1) is 5.82 Å². The fourth-order valence-electron chi connectivity index (χ4n) is 3.15. The van der Waals surface area contributed by atoms with Crippen LogP contribution in [0.2, 0.25) is 5.02 Å². The van der Waals surface area contributed by atoms with E-state index in [2.05, 4.69) is 12.1 Å². The largest absolute Gasteiger partial charge is 0.496 e. The van der Waals surface area contributed by atoms with E-state index in [0.717, 1.165) is 32.8 Å². The summed E-state index contributed by atoms with van der Waals surface area (Å²) in [4.78, 5) is 1.15. The Labute approximate surface area is 172 Å². The Morgan fingerprint density at radius 2 is 1.89 bits per heavy atom. The maximum Gasteiger partial charge on any atom is 0.124 e. The first-order valence-electron chi connectivity index (χ1n) is 8.79. The van der Waals surface area contributed by atoms with E-state index in [-0.39, 0.29) is 5.82 Å². The molecule has 0 unspecified atom stereocenters. The molecule has 142 valence electrons. The van der Waals surface area contributed by atoms with Crippen LogP contribution in [-0.2, 0) is 12.3 Å². The van der Waals surface area contributed by atoms with Crippen molar-refractivity contribution in [2.75, 3.05) is 7.11 Å². The second kappa shape index (κ2) is 8.25. The van der Waals surface area contributed by atoms with Gasteiger partial charge in [0.25, 0.3) is 0 Å². The van der Waals surface area contributed by atoms with Crippen LogP contribution in [0.1, 0.15) is 11.3 Å². The monoisotopic (exact) mass is 412 g/mol. The molecule has 4 aromatic rings. The predicted molar refractivity (Wildman–Crippen MR) is 113 cm³/mol. The number of nitrogens with zero attached hydrogens (tertiary/aromatic N) is 2. The van der Waals surface area contributed by atoms with Crippen molar-refractivity contribution in [2.24, 2.45) is 0 Å². The molecule has 0 atom stereocenters. The molecular formula is C22H18ClFN2OS. The predicted octanol–water partition coefficient (Wildman–Crippen LogP) is 6.18. The van der Waals surface area contributed by atoms with Crippen molar-refractivity contribution in [3.05, 3.63) is 88.8 Å². The zero-order valence-electron chi connectivity index (χ0n) is 15.2. The Morgan fingerprint density at radius 1 is 1.07 bits per heavy atom. The van der Waals surface area contributed by atoms with E-state index in [1.165, 1.54) is 6.07 Å². The minimum Gasteiger partial charge on any atom is -0.496 e. The van der Waals surface area contributed by atoms with Gasteiger partial charge in [-0.3, -0.25) is 4.68 Å². The molecule has 28 heavy (non-hydrogen) atoms. The Balaban J connectivity index is 1.70. The number of methoxy groups -OCH3 is 1. The number of ether oxygens (including phenoxy) is 1. The van der Waals surface area contributed by atoms with E-state index in [9.17, 15) is 4.39 Å². The van der Waals surface area contributed by atoms with Gasteiger partial charge in [-0.1, -0.05) is 29.8 Å². The second-order valence-electron chi connectivity index (χ2n) is 6.32. The molecule has 0 amide bonds. The molecule has 4 rings (SSSR count). The van der Waals surface area contributed by atoms with E-state index >= 15 is 0 Å². The lowest BCUT2D eigenvalue weighted by molar-refractivity contribution is 0.407. The quantitative estimate of drug-likeness (QED) is 0.354. The van der Waals surface area contributed by atoms with Crippen molar-refractivity contribution in [1.82, 2.24) is 9.78 Å². The van der Waals surface area contributed by atoms with Gasteiger partial charge in [0.15, 0.2) is 0 Å². The van der Waals surface area contributed by atoms with Gasteiger partial charge >= 0.3 is 0 Å². The molecule has 0 aliphatic rings. The third-order valence-electron chi connectivity index (χ3n) is 4.47. The van der Waals surface area contributed by atoms with Crippen LogP contribution in [0.5, 0.6) is 5.75 Å². The second-order valence-corrected chi connectivity index (χ2v) is 7.81. The number of fused-ring (bicyclic) bond motifs is 1. The highest BCUT2D eigenvalue weighted by atomic mass is 35.5. The summed E-state index contributed by atoms with van der Waals surface area (Å²) in [6.45, 7) is 0.488. The maximum absolute atomic E-state index is 13.9. The number of aromatic nitrogens is 2. The molecule has 0 bridgehead atoms. The zero-order chi connectivity index (χ0) is 19.5. The summed E-state index contributed by atoms with van der Waals surface area (Å²) in [5.41, 5.74) is 2.66. The minimum absolute atomic E-state index is 0.265. The van der Waals surface area contributed by atoms with Gasteiger partial charge in [-0.15, -0.1) is 11.8 Å². The molecule has 0 N–H and O–H groups in total. The molecule has 6 heteroatoms. The first kappa shape index (κ1) is 18.8. The average Bonchev–Trinajstić information content (AvgIpc) is 3.04. The fraction of sp³-hybridized carbons (Fsp3) is 0.136. The maximum atomic E-state index is 13.9. The SMILES string of the molecule is COc1ccc(Cl)cc1Cn1nc(CSc2ccccc2)c2cc(F)ccc21. The normalized spacial score (nSPS) is 11.1. The van der Waals surface area contributed by atoms with Crippen LogP contribution in [0.3, 0.4) is 0 Å². The third-order valence-corrected chi connectivity index (χ3v) is 5.73. The van der Waals surface area contributed by atoms with Crippen LogP contribution < -0.4 is 4.74 Å². The van der Waals surface area contributed by atoms with E-state index < -0.39 is 0 Å². The van der Waals surface area contributed by atoms with Gasteiger partial charge in [0.1, 0.15) is 11.6 Å². The van der Waals surface area contributed by atoms with Crippen molar-refractivity contribution in [2.45, 2.75) is 17.2 Å². The molecule has 0 aliphatic heterocycles. The lowest BCUT2D eigenvalue weighted by atomic mass is 10.2. The molecule has 1 heterocycles. The van der Waals surface area contributed by atoms with Crippen LogP contribution in [-0.4, -0.2) is 16.9 Å². The molecule has 0 aliphatic carbocycles. The van der Waals surface area contributed by atoms with Gasteiger partial charge in [0, 0.05) is 26.6 Å². The Bertz CT molecular complexity index is 1110. The number of halogens is 2. The highest BCUT2D eigenvalue weighted by Crippen LogP contribution is 2.29. The van der Waals surface area contributed by atoms with Crippen molar-refractivity contribution in [3.63, 3.8) is 0 Å². The summed E-state index contributed by atoms with van der Waals surface area (Å²) in [6.07, 6.45) is 0. The van der Waals surface area contributed by atoms with Gasteiger partial charge in [-0.05, 0) is 48.5 Å². The smallest absolute Gasteiger partial charge is 0.124 e. The fourth-order valence-corrected chi connectivity index (χ4v) is 4.21. The molecule has 0 radical (unpaired) electrons. The first-order valence-corrected chi connectivity index (χ1v) is 10.2. The number of thioether (sulfide) groups is 1. The molecule has 0 spiro atoms. The summed E-state index contributed by atoms with van der Waals surface area (Å²) in [5.74, 6) is 1.14. The third kappa shape index (κ3) is 4.01. The number of benzene rings is 3. The van der Waals surface area contributed by atoms with E-state index in [1.807, 2.05) is 35.0 Å².